The van der Waals surface area contributed by atoms with Crippen molar-refractivity contribution in [3.63, 3.8) is 0 Å². The molecular formula is C19H20N2O3. The van der Waals surface area contributed by atoms with Crippen LogP contribution in [0.2, 0.25) is 0 Å². The van der Waals surface area contributed by atoms with Crippen LogP contribution in [0, 0.1) is 19.8 Å². The minimum atomic E-state index is -0.524. The molecule has 1 aliphatic rings. The molecule has 0 saturated carbocycles. The molecule has 24 heavy (non-hydrogen) atoms. The van der Waals surface area contributed by atoms with E-state index >= 15 is 0 Å². The van der Waals surface area contributed by atoms with Crippen molar-refractivity contribution in [2.45, 2.75) is 20.3 Å². The maximum atomic E-state index is 12.3. The summed E-state index contributed by atoms with van der Waals surface area (Å²) in [6.45, 7) is 4.20. The Bertz CT molecular complexity index is 786. The zero-order valence-electron chi connectivity index (χ0n) is 13.8. The van der Waals surface area contributed by atoms with Crippen molar-refractivity contribution in [1.82, 2.24) is 0 Å². The predicted molar refractivity (Wildman–Crippen MR) is 93.2 cm³/mol. The molecule has 0 aromatic heterocycles. The van der Waals surface area contributed by atoms with Gasteiger partial charge < -0.3 is 15.4 Å². The first kappa shape index (κ1) is 16.1. The maximum Gasteiger partial charge on any atom is 0.231 e. The first-order chi connectivity index (χ1) is 11.5. The third-order valence-corrected chi connectivity index (χ3v) is 4.18. The number of ether oxygens (including phenoxy) is 1. The summed E-state index contributed by atoms with van der Waals surface area (Å²) in [6, 6.07) is 13.0. The number of carbonyl (C=O) groups excluding carboxylic acids is 2. The Morgan fingerprint density at radius 3 is 2.79 bits per heavy atom. The zero-order valence-corrected chi connectivity index (χ0v) is 13.8. The van der Waals surface area contributed by atoms with Gasteiger partial charge in [-0.2, -0.15) is 0 Å². The second-order valence-corrected chi connectivity index (χ2v) is 6.04. The first-order valence-corrected chi connectivity index (χ1v) is 7.93. The van der Waals surface area contributed by atoms with Crippen molar-refractivity contribution >= 4 is 23.2 Å². The monoisotopic (exact) mass is 324 g/mol. The van der Waals surface area contributed by atoms with E-state index in [0.717, 1.165) is 11.3 Å². The third kappa shape index (κ3) is 3.56. The smallest absolute Gasteiger partial charge is 0.231 e. The first-order valence-electron chi connectivity index (χ1n) is 7.93. The van der Waals surface area contributed by atoms with Crippen LogP contribution in [-0.2, 0) is 9.59 Å². The van der Waals surface area contributed by atoms with Crippen molar-refractivity contribution in [2.75, 3.05) is 17.2 Å². The molecule has 0 fully saturated rings. The van der Waals surface area contributed by atoms with Gasteiger partial charge in [0.25, 0.3) is 0 Å². The zero-order chi connectivity index (χ0) is 17.1. The van der Waals surface area contributed by atoms with Gasteiger partial charge in [0, 0.05) is 12.1 Å². The van der Waals surface area contributed by atoms with E-state index in [-0.39, 0.29) is 24.8 Å². The molecule has 0 unspecified atom stereocenters. The van der Waals surface area contributed by atoms with E-state index in [1.807, 2.05) is 44.2 Å². The fourth-order valence-corrected chi connectivity index (χ4v) is 2.60. The van der Waals surface area contributed by atoms with Crippen molar-refractivity contribution in [2.24, 2.45) is 5.92 Å². The highest BCUT2D eigenvalue weighted by atomic mass is 16.5. The summed E-state index contributed by atoms with van der Waals surface area (Å²) in [5, 5.41) is 5.66. The van der Waals surface area contributed by atoms with Gasteiger partial charge in [0.15, 0.2) is 0 Å². The van der Waals surface area contributed by atoms with Crippen LogP contribution in [0.3, 0.4) is 0 Å². The average molecular weight is 324 g/mol. The highest BCUT2D eigenvalue weighted by Gasteiger charge is 2.26. The van der Waals surface area contributed by atoms with Gasteiger partial charge >= 0.3 is 0 Å². The van der Waals surface area contributed by atoms with Gasteiger partial charge in [-0.15, -0.1) is 0 Å². The molecule has 124 valence electrons. The number of aryl methyl sites for hydroxylation is 2. The topological polar surface area (TPSA) is 67.4 Å². The summed E-state index contributed by atoms with van der Waals surface area (Å²) in [4.78, 5) is 24.6. The number of rotatable bonds is 3. The number of hydrogen-bond donors (Lipinski definition) is 2. The molecule has 1 heterocycles. The molecule has 5 nitrogen and oxygen atoms in total. The van der Waals surface area contributed by atoms with E-state index in [1.54, 1.807) is 12.1 Å². The fourth-order valence-electron chi connectivity index (χ4n) is 2.60. The van der Waals surface area contributed by atoms with Crippen molar-refractivity contribution in [3.8, 4) is 5.75 Å². The molecule has 2 amide bonds. The number of fused-ring (bicyclic) bond motifs is 1. The molecule has 0 bridgehead atoms. The van der Waals surface area contributed by atoms with Gasteiger partial charge in [0.2, 0.25) is 11.8 Å². The summed E-state index contributed by atoms with van der Waals surface area (Å²) < 4.78 is 5.65. The van der Waals surface area contributed by atoms with Crippen LogP contribution in [0.25, 0.3) is 0 Å². The van der Waals surface area contributed by atoms with Crippen LogP contribution in [0.15, 0.2) is 42.5 Å². The standard InChI is InChI=1S/C19H20N2O3/c1-12-7-8-15(9-13(12)2)20-18(22)10-14-11-24-17-6-4-3-5-16(17)21-19(14)23/h3-9,14H,10-11H2,1-2H3,(H,20,22)(H,21,23)/t14-/m1/s1. The molecule has 0 radical (unpaired) electrons. The van der Waals surface area contributed by atoms with E-state index in [0.29, 0.717) is 11.4 Å². The molecule has 2 aromatic rings. The Morgan fingerprint density at radius 2 is 2.00 bits per heavy atom. The van der Waals surface area contributed by atoms with Crippen LogP contribution in [0.5, 0.6) is 5.75 Å². The summed E-state index contributed by atoms with van der Waals surface area (Å²) in [7, 11) is 0. The van der Waals surface area contributed by atoms with E-state index < -0.39 is 5.92 Å². The SMILES string of the molecule is Cc1ccc(NC(=O)C[C@@H]2COc3ccccc3NC2=O)cc1C. The van der Waals surface area contributed by atoms with Crippen molar-refractivity contribution in [1.29, 1.82) is 0 Å². The molecule has 5 heteroatoms. The highest BCUT2D eigenvalue weighted by molar-refractivity contribution is 5.99. The quantitative estimate of drug-likeness (QED) is 0.910. The predicted octanol–water partition coefficient (Wildman–Crippen LogP) is 3.28. The van der Waals surface area contributed by atoms with E-state index in [9.17, 15) is 9.59 Å². The Morgan fingerprint density at radius 1 is 1.21 bits per heavy atom. The molecule has 0 aliphatic carbocycles. The Balaban J connectivity index is 1.64. The lowest BCUT2D eigenvalue weighted by Gasteiger charge is -2.13. The molecule has 2 aromatic carbocycles. The number of nitrogens with one attached hydrogen (secondary N) is 2. The van der Waals surface area contributed by atoms with E-state index in [2.05, 4.69) is 10.6 Å². The highest BCUT2D eigenvalue weighted by Crippen LogP contribution is 2.28. The molecule has 1 atom stereocenters. The summed E-state index contributed by atoms with van der Waals surface area (Å²) in [6.07, 6.45) is 0.0761. The largest absolute Gasteiger partial charge is 0.491 e. The number of carbonyl (C=O) groups is 2. The van der Waals surface area contributed by atoms with Gasteiger partial charge in [0.1, 0.15) is 12.4 Å². The second kappa shape index (κ2) is 6.74. The van der Waals surface area contributed by atoms with Crippen LogP contribution in [0.4, 0.5) is 11.4 Å². The van der Waals surface area contributed by atoms with Crippen LogP contribution in [-0.4, -0.2) is 18.4 Å². The van der Waals surface area contributed by atoms with Gasteiger partial charge in [-0.3, -0.25) is 9.59 Å². The second-order valence-electron chi connectivity index (χ2n) is 6.04. The van der Waals surface area contributed by atoms with E-state index in [1.165, 1.54) is 5.56 Å². The number of amides is 2. The van der Waals surface area contributed by atoms with Gasteiger partial charge in [-0.25, -0.2) is 0 Å². The fraction of sp³-hybridized carbons (Fsp3) is 0.263. The minimum absolute atomic E-state index is 0.0761. The maximum absolute atomic E-state index is 12.3. The Kier molecular flexibility index (Phi) is 4.51. The van der Waals surface area contributed by atoms with Gasteiger partial charge in [0.05, 0.1) is 11.6 Å². The average Bonchev–Trinajstić information content (AvgIpc) is 2.70. The number of para-hydroxylation sites is 2. The van der Waals surface area contributed by atoms with Gasteiger partial charge in [-0.1, -0.05) is 18.2 Å². The van der Waals surface area contributed by atoms with Crippen LogP contribution >= 0.6 is 0 Å². The normalized spacial score (nSPS) is 16.4. The van der Waals surface area contributed by atoms with Gasteiger partial charge in [-0.05, 0) is 49.2 Å². The summed E-state index contributed by atoms with van der Waals surface area (Å²) in [5.74, 6) is -0.296. The van der Waals surface area contributed by atoms with Crippen LogP contribution < -0.4 is 15.4 Å². The summed E-state index contributed by atoms with van der Waals surface area (Å²) >= 11 is 0. The number of benzene rings is 2. The lowest BCUT2D eigenvalue weighted by Crippen LogP contribution is -2.29. The van der Waals surface area contributed by atoms with E-state index in [4.69, 9.17) is 4.74 Å². The van der Waals surface area contributed by atoms with Crippen molar-refractivity contribution < 1.29 is 14.3 Å². The number of anilines is 2. The molecular weight excluding hydrogens is 304 g/mol. The Labute approximate surface area is 141 Å². The molecule has 0 saturated heterocycles. The Hall–Kier alpha value is -2.82. The lowest BCUT2D eigenvalue weighted by molar-refractivity contribution is -0.125. The minimum Gasteiger partial charge on any atom is -0.491 e. The number of hydrogen-bond acceptors (Lipinski definition) is 3. The van der Waals surface area contributed by atoms with Crippen LogP contribution in [0.1, 0.15) is 17.5 Å². The third-order valence-electron chi connectivity index (χ3n) is 4.18. The lowest BCUT2D eigenvalue weighted by atomic mass is 10.0. The molecule has 1 aliphatic heterocycles. The molecule has 0 spiro atoms. The summed E-state index contributed by atoms with van der Waals surface area (Å²) in [5.41, 5.74) is 3.65. The van der Waals surface area contributed by atoms with Crippen molar-refractivity contribution in [3.05, 3.63) is 53.6 Å². The molecule has 3 rings (SSSR count). The molecule has 2 N–H and O–H groups in total.